The zero-order valence-corrected chi connectivity index (χ0v) is 18.1. The number of hydrogen-bond donors (Lipinski definition) is 1. The van der Waals surface area contributed by atoms with Gasteiger partial charge in [-0.25, -0.2) is 0 Å². The topological polar surface area (TPSA) is 58.4 Å². The SMILES string of the molecule is COc1cc(/C=C2\C[NH+](C)C/C(=C\c3cc(OC)cc(OC)c3)C2=O)cc(OC)c1. The normalized spacial score (nSPS) is 19.1. The van der Waals surface area contributed by atoms with Crippen molar-refractivity contribution in [2.24, 2.45) is 0 Å². The van der Waals surface area contributed by atoms with Crippen molar-refractivity contribution in [3.8, 4) is 23.0 Å². The van der Waals surface area contributed by atoms with Crippen molar-refractivity contribution in [1.82, 2.24) is 0 Å². The summed E-state index contributed by atoms with van der Waals surface area (Å²) in [6.45, 7) is 1.30. The van der Waals surface area contributed by atoms with Gasteiger partial charge in [0.1, 0.15) is 36.1 Å². The number of hydrogen-bond acceptors (Lipinski definition) is 5. The lowest BCUT2D eigenvalue weighted by molar-refractivity contribution is -0.870. The summed E-state index contributed by atoms with van der Waals surface area (Å²) < 4.78 is 21.4. The Labute approximate surface area is 177 Å². The fraction of sp³-hybridized carbons (Fsp3) is 0.292. The van der Waals surface area contributed by atoms with Crippen molar-refractivity contribution in [2.45, 2.75) is 0 Å². The number of nitrogens with one attached hydrogen (secondary N) is 1. The number of ketones is 1. The van der Waals surface area contributed by atoms with Crippen LogP contribution in [0.25, 0.3) is 12.2 Å². The smallest absolute Gasteiger partial charge is 0.196 e. The van der Waals surface area contributed by atoms with Gasteiger partial charge in [-0.2, -0.15) is 0 Å². The highest BCUT2D eigenvalue weighted by atomic mass is 16.5. The van der Waals surface area contributed by atoms with Gasteiger partial charge in [0.25, 0.3) is 0 Å². The largest absolute Gasteiger partial charge is 0.497 e. The summed E-state index contributed by atoms with van der Waals surface area (Å²) in [5.74, 6) is 2.78. The van der Waals surface area contributed by atoms with Crippen LogP contribution in [0.3, 0.4) is 0 Å². The van der Waals surface area contributed by atoms with E-state index in [0.29, 0.717) is 36.1 Å². The van der Waals surface area contributed by atoms with E-state index >= 15 is 0 Å². The molecule has 0 spiro atoms. The number of piperidine rings is 1. The molecule has 0 aliphatic carbocycles. The van der Waals surface area contributed by atoms with Gasteiger partial charge in [-0.05, 0) is 47.5 Å². The van der Waals surface area contributed by atoms with Crippen molar-refractivity contribution in [3.05, 3.63) is 58.7 Å². The maximum atomic E-state index is 13.2. The summed E-state index contributed by atoms with van der Waals surface area (Å²) in [7, 11) is 8.51. The Balaban J connectivity index is 1.98. The highest BCUT2D eigenvalue weighted by Gasteiger charge is 2.27. The predicted molar refractivity (Wildman–Crippen MR) is 117 cm³/mol. The van der Waals surface area contributed by atoms with E-state index in [9.17, 15) is 4.79 Å². The van der Waals surface area contributed by atoms with Gasteiger partial charge in [0, 0.05) is 12.1 Å². The Bertz CT molecular complexity index is 871. The summed E-state index contributed by atoms with van der Waals surface area (Å²) >= 11 is 0. The van der Waals surface area contributed by atoms with Crippen molar-refractivity contribution in [3.63, 3.8) is 0 Å². The second-order valence-electron chi connectivity index (χ2n) is 7.27. The lowest BCUT2D eigenvalue weighted by atomic mass is 9.94. The first-order valence-electron chi connectivity index (χ1n) is 9.69. The molecule has 0 atom stereocenters. The van der Waals surface area contributed by atoms with Gasteiger partial charge in [0.2, 0.25) is 0 Å². The fourth-order valence-corrected chi connectivity index (χ4v) is 3.54. The number of rotatable bonds is 6. The molecule has 0 aromatic heterocycles. The van der Waals surface area contributed by atoms with Gasteiger partial charge in [-0.1, -0.05) is 0 Å². The van der Waals surface area contributed by atoms with Gasteiger partial charge in [0.15, 0.2) is 5.78 Å². The molecule has 0 radical (unpaired) electrons. The molecule has 6 nitrogen and oxygen atoms in total. The summed E-state index contributed by atoms with van der Waals surface area (Å²) in [5.41, 5.74) is 3.23. The van der Waals surface area contributed by atoms with Crippen LogP contribution in [0.4, 0.5) is 0 Å². The monoisotopic (exact) mass is 410 g/mol. The molecule has 1 N–H and O–H groups in total. The van der Waals surface area contributed by atoms with Crippen LogP contribution in [-0.2, 0) is 4.79 Å². The molecule has 0 saturated carbocycles. The molecule has 6 heteroatoms. The molecular formula is C24H28NO5+. The number of carbonyl (C=O) groups excluding carboxylic acids is 1. The first kappa shape index (κ1) is 21.5. The van der Waals surface area contributed by atoms with Crippen LogP contribution < -0.4 is 23.8 Å². The maximum Gasteiger partial charge on any atom is 0.196 e. The Kier molecular flexibility index (Phi) is 6.79. The van der Waals surface area contributed by atoms with E-state index in [1.54, 1.807) is 28.4 Å². The number of carbonyl (C=O) groups is 1. The van der Waals surface area contributed by atoms with E-state index < -0.39 is 0 Å². The number of quaternary nitrogens is 1. The fourth-order valence-electron chi connectivity index (χ4n) is 3.54. The molecule has 1 aliphatic heterocycles. The van der Waals surface area contributed by atoms with Gasteiger partial charge in [0.05, 0.1) is 46.6 Å². The molecule has 0 unspecified atom stereocenters. The number of Topliss-reactive ketones (excluding diaryl/α,β-unsaturated/α-hetero) is 1. The van der Waals surface area contributed by atoms with Crippen molar-refractivity contribution in [2.75, 3.05) is 48.6 Å². The Hall–Kier alpha value is -3.25. The van der Waals surface area contributed by atoms with Crippen LogP contribution in [0.5, 0.6) is 23.0 Å². The Morgan fingerprint density at radius 2 is 1.00 bits per heavy atom. The molecule has 1 saturated heterocycles. The van der Waals surface area contributed by atoms with Crippen LogP contribution in [0, 0.1) is 0 Å². The second-order valence-corrected chi connectivity index (χ2v) is 7.27. The summed E-state index contributed by atoms with van der Waals surface area (Å²) in [6.07, 6.45) is 3.83. The quantitative estimate of drug-likeness (QED) is 0.741. The van der Waals surface area contributed by atoms with Gasteiger partial charge < -0.3 is 23.8 Å². The van der Waals surface area contributed by atoms with Gasteiger partial charge in [-0.15, -0.1) is 0 Å². The summed E-state index contributed by atoms with van der Waals surface area (Å²) in [4.78, 5) is 14.5. The molecule has 3 rings (SSSR count). The number of benzene rings is 2. The number of ether oxygens (including phenoxy) is 4. The number of methoxy groups -OCH3 is 4. The minimum absolute atomic E-state index is 0.0455. The van der Waals surface area contributed by atoms with Crippen LogP contribution in [0.1, 0.15) is 11.1 Å². The van der Waals surface area contributed by atoms with E-state index in [1.165, 1.54) is 4.90 Å². The van der Waals surface area contributed by atoms with E-state index in [4.69, 9.17) is 18.9 Å². The molecule has 1 aliphatic rings. The van der Waals surface area contributed by atoms with Crippen molar-refractivity contribution >= 4 is 17.9 Å². The molecule has 30 heavy (non-hydrogen) atoms. The zero-order chi connectivity index (χ0) is 21.7. The minimum atomic E-state index is 0.0455. The minimum Gasteiger partial charge on any atom is -0.497 e. The van der Waals surface area contributed by atoms with E-state index in [-0.39, 0.29) is 5.78 Å². The van der Waals surface area contributed by atoms with Crippen molar-refractivity contribution in [1.29, 1.82) is 0 Å². The lowest BCUT2D eigenvalue weighted by Crippen LogP contribution is -3.10. The van der Waals surface area contributed by atoms with E-state index in [2.05, 4.69) is 7.05 Å². The first-order chi connectivity index (χ1) is 14.4. The third kappa shape index (κ3) is 5.02. The third-order valence-corrected chi connectivity index (χ3v) is 5.00. The highest BCUT2D eigenvalue weighted by Crippen LogP contribution is 2.27. The van der Waals surface area contributed by atoms with E-state index in [1.807, 2.05) is 48.6 Å². The van der Waals surface area contributed by atoms with Crippen LogP contribution in [0.15, 0.2) is 47.5 Å². The Morgan fingerprint density at radius 3 is 1.30 bits per heavy atom. The third-order valence-electron chi connectivity index (χ3n) is 5.00. The average molecular weight is 410 g/mol. The molecular weight excluding hydrogens is 382 g/mol. The summed E-state index contributed by atoms with van der Waals surface area (Å²) in [6, 6.07) is 11.2. The van der Waals surface area contributed by atoms with Crippen LogP contribution >= 0.6 is 0 Å². The molecule has 158 valence electrons. The van der Waals surface area contributed by atoms with Crippen LogP contribution in [-0.4, -0.2) is 54.4 Å². The molecule has 0 bridgehead atoms. The Morgan fingerprint density at radius 1 is 0.667 bits per heavy atom. The highest BCUT2D eigenvalue weighted by molar-refractivity contribution is 6.14. The van der Waals surface area contributed by atoms with Crippen LogP contribution in [0.2, 0.25) is 0 Å². The summed E-state index contributed by atoms with van der Waals surface area (Å²) in [5, 5.41) is 0. The van der Waals surface area contributed by atoms with Gasteiger partial charge >= 0.3 is 0 Å². The standard InChI is InChI=1S/C24H27NO5/c1-25-14-18(6-16-8-20(27-2)12-21(9-16)28-3)24(26)19(15-25)7-17-10-22(29-4)13-23(11-17)30-5/h6-13H,14-15H2,1-5H3/p+1/b18-6+,19-7+. The molecule has 1 heterocycles. The lowest BCUT2D eigenvalue weighted by Gasteiger charge is -2.23. The maximum absolute atomic E-state index is 13.2. The molecule has 0 amide bonds. The number of likely N-dealkylation sites (N-methyl/N-ethyl adjacent to an activating group) is 1. The van der Waals surface area contributed by atoms with Crippen molar-refractivity contribution < 1.29 is 28.6 Å². The second kappa shape index (κ2) is 9.50. The number of likely N-dealkylation sites (tertiary alicyclic amines) is 1. The van der Waals surface area contributed by atoms with E-state index in [0.717, 1.165) is 22.3 Å². The molecule has 2 aromatic rings. The zero-order valence-electron chi connectivity index (χ0n) is 18.1. The average Bonchev–Trinajstić information content (AvgIpc) is 2.76. The van der Waals surface area contributed by atoms with Gasteiger partial charge in [-0.3, -0.25) is 4.79 Å². The first-order valence-corrected chi connectivity index (χ1v) is 9.69. The molecule has 2 aromatic carbocycles. The molecule has 1 fully saturated rings. The predicted octanol–water partition coefficient (Wildman–Crippen LogP) is 2.29.